The summed E-state index contributed by atoms with van der Waals surface area (Å²) >= 11 is 0. The molecule has 0 unspecified atom stereocenters. The minimum absolute atomic E-state index is 0. The van der Waals surface area contributed by atoms with Gasteiger partial charge in [-0.25, -0.2) is 22.5 Å². The Bertz CT molecular complexity index is 582. The average molecular weight is 470 g/mol. The molecule has 0 N–H and O–H groups in total. The number of allylic oxidation sites excluding steroid dienone is 8. The van der Waals surface area contributed by atoms with Gasteiger partial charge >= 0.3 is 18.6 Å². The van der Waals surface area contributed by atoms with Gasteiger partial charge in [0.2, 0.25) is 0 Å². The molecule has 2 aliphatic carbocycles. The van der Waals surface area contributed by atoms with Crippen molar-refractivity contribution in [3.63, 3.8) is 0 Å². The molecule has 0 amide bonds. The maximum atomic E-state index is 3.67. The third kappa shape index (κ3) is 8.75. The van der Waals surface area contributed by atoms with Crippen molar-refractivity contribution in [2.24, 2.45) is 0 Å². The second kappa shape index (κ2) is 9.48. The van der Waals surface area contributed by atoms with Crippen LogP contribution in [0.25, 0.3) is 0 Å². The summed E-state index contributed by atoms with van der Waals surface area (Å²) in [7, 11) is -4.32. The van der Waals surface area contributed by atoms with Crippen LogP contribution in [0.1, 0.15) is 12.8 Å². The minimum Gasteiger partial charge on any atom is -0.258 e. The molecule has 0 spiro atoms. The van der Waals surface area contributed by atoms with E-state index in [1.165, 1.54) is 12.8 Å². The molecule has 0 atom stereocenters. The summed E-state index contributed by atoms with van der Waals surface area (Å²) in [4.78, 5) is 0. The quantitative estimate of drug-likeness (QED) is 0.294. The smallest absolute Gasteiger partial charge is 0.258 e. The molecule has 0 aliphatic heterocycles. The van der Waals surface area contributed by atoms with E-state index in [2.05, 4.69) is 103 Å². The van der Waals surface area contributed by atoms with E-state index in [0.717, 1.165) is 0 Å². The number of hydrogen-bond donors (Lipinski definition) is 0. The molecular weight excluding hydrogens is 428 g/mol. The van der Waals surface area contributed by atoms with E-state index in [-0.39, 0.29) is 18.6 Å². The summed E-state index contributed by atoms with van der Waals surface area (Å²) in [5, 5.41) is 6.32. The third-order valence-electron chi connectivity index (χ3n) is 5.02. The van der Waals surface area contributed by atoms with E-state index in [0.29, 0.717) is 0 Å². The van der Waals surface area contributed by atoms with E-state index >= 15 is 0 Å². The van der Waals surface area contributed by atoms with Gasteiger partial charge in [0, 0.05) is 16.1 Å². The summed E-state index contributed by atoms with van der Waals surface area (Å²) in [5.41, 5.74) is 0. The Kier molecular flexibility index (Phi) is 9.63. The maximum absolute atomic E-state index is 3.67. The molecule has 2 aliphatic rings. The van der Waals surface area contributed by atoms with E-state index < -0.39 is 32.3 Å². The van der Waals surface area contributed by atoms with E-state index in [1.807, 2.05) is 0 Å². The molecule has 0 fully saturated rings. The molecule has 1 radical (unpaired) electrons. The van der Waals surface area contributed by atoms with Crippen molar-refractivity contribution in [1.29, 1.82) is 0 Å². The summed E-state index contributed by atoms with van der Waals surface area (Å²) in [6, 6.07) is 0. The van der Waals surface area contributed by atoms with Crippen LogP contribution in [-0.2, 0) is 18.6 Å². The summed E-state index contributed by atoms with van der Waals surface area (Å²) in [6.45, 7) is 28.9. The molecule has 0 aromatic heterocycles. The van der Waals surface area contributed by atoms with Crippen LogP contribution in [0, 0.1) is 12.2 Å². The summed E-state index contributed by atoms with van der Waals surface area (Å²) in [6.07, 6.45) is 14.6. The second-order valence-corrected chi connectivity index (χ2v) is 32.1. The van der Waals surface area contributed by atoms with E-state index in [1.54, 1.807) is 20.8 Å². The van der Waals surface area contributed by atoms with Gasteiger partial charge in [-0.2, -0.15) is 10.4 Å². The molecule has 0 saturated carbocycles. The second-order valence-electron chi connectivity index (χ2n) is 11.9. The molecule has 0 aromatic rings. The SMILES string of the molecule is C[Si](C)(C)C1=[C-]C([Si](C)(C)C)=CC1.C[Si](C)(C)C1=[C-]C([Si](C)(C)C)=CC1.[V+2]. The monoisotopic (exact) mass is 469 g/mol. The molecular formula is C22H42Si4V. The van der Waals surface area contributed by atoms with Crippen LogP contribution >= 0.6 is 0 Å². The van der Waals surface area contributed by atoms with Crippen LogP contribution in [-0.4, -0.2) is 32.3 Å². The van der Waals surface area contributed by atoms with Crippen LogP contribution in [0.15, 0.2) is 32.9 Å². The van der Waals surface area contributed by atoms with Crippen molar-refractivity contribution in [3.05, 3.63) is 45.1 Å². The number of rotatable bonds is 4. The van der Waals surface area contributed by atoms with Crippen molar-refractivity contribution in [2.45, 2.75) is 91.4 Å². The van der Waals surface area contributed by atoms with Crippen LogP contribution in [0.4, 0.5) is 0 Å². The Morgan fingerprint density at radius 1 is 0.519 bits per heavy atom. The number of hydrogen-bond acceptors (Lipinski definition) is 0. The molecule has 0 saturated heterocycles. The molecule has 0 heterocycles. The molecule has 0 aromatic carbocycles. The van der Waals surface area contributed by atoms with Gasteiger partial charge in [-0.05, 0) is 0 Å². The average Bonchev–Trinajstić information content (AvgIpc) is 3.06. The van der Waals surface area contributed by atoms with E-state index in [9.17, 15) is 0 Å². The zero-order valence-corrected chi connectivity index (χ0v) is 25.4. The fraction of sp³-hybridized carbons (Fsp3) is 0.636. The van der Waals surface area contributed by atoms with Gasteiger partial charge in [-0.1, -0.05) is 78.6 Å². The molecule has 0 bridgehead atoms. The van der Waals surface area contributed by atoms with Crippen LogP contribution < -0.4 is 0 Å². The Morgan fingerprint density at radius 2 is 0.778 bits per heavy atom. The van der Waals surface area contributed by atoms with Gasteiger partial charge in [0.05, 0.1) is 16.1 Å². The van der Waals surface area contributed by atoms with Crippen molar-refractivity contribution in [1.82, 2.24) is 0 Å². The molecule has 0 nitrogen and oxygen atoms in total. The Hall–Kier alpha value is 0.412. The summed E-state index contributed by atoms with van der Waals surface area (Å²) in [5.74, 6) is 0. The Morgan fingerprint density at radius 3 is 0.889 bits per heavy atom. The van der Waals surface area contributed by atoms with Crippen molar-refractivity contribution in [3.8, 4) is 0 Å². The maximum Gasteiger partial charge on any atom is 2.00 e. The van der Waals surface area contributed by atoms with Crippen molar-refractivity contribution in [2.75, 3.05) is 0 Å². The van der Waals surface area contributed by atoms with Gasteiger partial charge < -0.3 is 0 Å². The standard InChI is InChI=1S/2C11H21Si2.V/c2*1-12(2,3)10-7-8-11(9-10)13(4,5)6;/h2*7H,8H2,1-6H3;/q2*-1;+2. The van der Waals surface area contributed by atoms with Crippen LogP contribution in [0.5, 0.6) is 0 Å². The minimum atomic E-state index is -1.09. The topological polar surface area (TPSA) is 0 Å². The van der Waals surface area contributed by atoms with Gasteiger partial charge in [0.1, 0.15) is 0 Å². The Labute approximate surface area is 186 Å². The first kappa shape index (κ1) is 27.4. The van der Waals surface area contributed by atoms with Gasteiger partial charge in [0.15, 0.2) is 0 Å². The third-order valence-corrected chi connectivity index (χ3v) is 13.2. The van der Waals surface area contributed by atoms with Gasteiger partial charge in [0.25, 0.3) is 0 Å². The first-order valence-corrected chi connectivity index (χ1v) is 24.1. The predicted molar refractivity (Wildman–Crippen MR) is 132 cm³/mol. The molecule has 5 heteroatoms. The van der Waals surface area contributed by atoms with Crippen LogP contribution in [0.3, 0.4) is 0 Å². The van der Waals surface area contributed by atoms with Crippen LogP contribution in [0.2, 0.25) is 78.6 Å². The summed E-state index contributed by atoms with van der Waals surface area (Å²) < 4.78 is 0. The van der Waals surface area contributed by atoms with Crippen molar-refractivity contribution < 1.29 is 18.6 Å². The zero-order chi connectivity index (χ0) is 20.6. The van der Waals surface area contributed by atoms with Crippen molar-refractivity contribution >= 4 is 32.3 Å². The fourth-order valence-electron chi connectivity index (χ4n) is 2.91. The normalized spacial score (nSPS) is 17.9. The first-order valence-electron chi connectivity index (χ1n) is 10.1. The Balaban J connectivity index is 0.000000483. The first-order chi connectivity index (χ1) is 11.4. The van der Waals surface area contributed by atoms with E-state index in [4.69, 9.17) is 0 Å². The molecule has 2 rings (SSSR count). The molecule has 151 valence electrons. The van der Waals surface area contributed by atoms with Gasteiger partial charge in [-0.15, -0.1) is 12.8 Å². The predicted octanol–water partition coefficient (Wildman–Crippen LogP) is 7.60. The molecule has 27 heavy (non-hydrogen) atoms. The van der Waals surface area contributed by atoms with Gasteiger partial charge in [-0.3, -0.25) is 12.2 Å². The zero-order valence-electron chi connectivity index (χ0n) is 20.0. The fourth-order valence-corrected chi connectivity index (χ4v) is 8.09. The largest absolute Gasteiger partial charge is 2.00 e.